The normalized spacial score (nSPS) is 13.9. The molecule has 0 bridgehead atoms. The predicted molar refractivity (Wildman–Crippen MR) is 67.6 cm³/mol. The highest BCUT2D eigenvalue weighted by Gasteiger charge is 2.20. The number of hydrogen-bond donors (Lipinski definition) is 4. The van der Waals surface area contributed by atoms with E-state index in [9.17, 15) is 15.0 Å². The van der Waals surface area contributed by atoms with E-state index in [1.165, 1.54) is 18.2 Å². The van der Waals surface area contributed by atoms with Crippen LogP contribution in [0.15, 0.2) is 18.2 Å². The number of benzene rings is 1. The average molecular weight is 253 g/mol. The maximum absolute atomic E-state index is 11.7. The first-order valence-corrected chi connectivity index (χ1v) is 5.88. The van der Waals surface area contributed by atoms with Gasteiger partial charge in [-0.2, -0.15) is 0 Å². The van der Waals surface area contributed by atoms with Crippen LogP contribution in [-0.4, -0.2) is 33.4 Å². The fourth-order valence-electron chi connectivity index (χ4n) is 1.66. The van der Waals surface area contributed by atoms with Crippen molar-refractivity contribution in [2.45, 2.75) is 32.3 Å². The molecule has 5 nitrogen and oxygen atoms in total. The van der Waals surface area contributed by atoms with Gasteiger partial charge in [0.1, 0.15) is 0 Å². The molecule has 1 aromatic carbocycles. The summed E-state index contributed by atoms with van der Waals surface area (Å²) in [5.41, 5.74) is -0.707. The number of aliphatic hydroxyl groups is 1. The van der Waals surface area contributed by atoms with Crippen LogP contribution in [0.2, 0.25) is 0 Å². The van der Waals surface area contributed by atoms with Gasteiger partial charge in [-0.1, -0.05) is 13.3 Å². The lowest BCUT2D eigenvalue weighted by Crippen LogP contribution is -2.40. The second-order valence-corrected chi connectivity index (χ2v) is 4.63. The van der Waals surface area contributed by atoms with E-state index in [0.717, 1.165) is 6.42 Å². The number of nitrogens with one attached hydrogen (secondary N) is 1. The van der Waals surface area contributed by atoms with Gasteiger partial charge in [-0.15, -0.1) is 0 Å². The van der Waals surface area contributed by atoms with E-state index in [1.54, 1.807) is 6.92 Å². The van der Waals surface area contributed by atoms with E-state index in [1.807, 2.05) is 6.92 Å². The Bertz CT molecular complexity index is 429. The van der Waals surface area contributed by atoms with Gasteiger partial charge in [-0.3, -0.25) is 4.79 Å². The van der Waals surface area contributed by atoms with Crippen molar-refractivity contribution in [3.05, 3.63) is 23.8 Å². The number of rotatable bonds is 5. The Kier molecular flexibility index (Phi) is 4.55. The number of amides is 1. The minimum absolute atomic E-state index is 0.140. The van der Waals surface area contributed by atoms with Gasteiger partial charge in [0.2, 0.25) is 0 Å². The first-order valence-electron chi connectivity index (χ1n) is 5.88. The summed E-state index contributed by atoms with van der Waals surface area (Å²) in [7, 11) is 0. The summed E-state index contributed by atoms with van der Waals surface area (Å²) in [6.45, 7) is 3.75. The summed E-state index contributed by atoms with van der Waals surface area (Å²) in [5.74, 6) is -1.02. The van der Waals surface area contributed by atoms with Gasteiger partial charge < -0.3 is 20.6 Å². The van der Waals surface area contributed by atoms with E-state index in [2.05, 4.69) is 5.32 Å². The molecule has 4 N–H and O–H groups in total. The van der Waals surface area contributed by atoms with E-state index in [4.69, 9.17) is 5.11 Å². The summed E-state index contributed by atoms with van der Waals surface area (Å²) in [4.78, 5) is 11.7. The Hall–Kier alpha value is -1.75. The van der Waals surface area contributed by atoms with E-state index >= 15 is 0 Å². The Morgan fingerprint density at radius 1 is 1.33 bits per heavy atom. The van der Waals surface area contributed by atoms with Gasteiger partial charge in [-0.25, -0.2) is 0 Å². The Balaban J connectivity index is 2.63. The number of phenolic OH excluding ortho intramolecular Hbond substituents is 2. The third kappa shape index (κ3) is 3.92. The SMILES string of the molecule is CCCC(C)(O)CNC(=O)c1ccc(O)c(O)c1. The molecule has 18 heavy (non-hydrogen) atoms. The zero-order valence-corrected chi connectivity index (χ0v) is 10.6. The largest absolute Gasteiger partial charge is 0.504 e. The highest BCUT2D eigenvalue weighted by Crippen LogP contribution is 2.24. The van der Waals surface area contributed by atoms with E-state index in [0.29, 0.717) is 6.42 Å². The van der Waals surface area contributed by atoms with Crippen molar-refractivity contribution >= 4 is 5.91 Å². The molecule has 1 atom stereocenters. The van der Waals surface area contributed by atoms with Crippen LogP contribution in [0.3, 0.4) is 0 Å². The smallest absolute Gasteiger partial charge is 0.251 e. The lowest BCUT2D eigenvalue weighted by Gasteiger charge is -2.22. The van der Waals surface area contributed by atoms with Crippen LogP contribution in [0.25, 0.3) is 0 Å². The molecule has 100 valence electrons. The van der Waals surface area contributed by atoms with E-state index in [-0.39, 0.29) is 23.6 Å². The number of aromatic hydroxyl groups is 2. The van der Waals surface area contributed by atoms with Crippen molar-refractivity contribution in [2.75, 3.05) is 6.54 Å². The van der Waals surface area contributed by atoms with Crippen LogP contribution in [0.1, 0.15) is 37.0 Å². The number of carbonyl (C=O) groups is 1. The molecule has 0 heterocycles. The van der Waals surface area contributed by atoms with E-state index < -0.39 is 11.5 Å². The quantitative estimate of drug-likeness (QED) is 0.597. The minimum Gasteiger partial charge on any atom is -0.504 e. The van der Waals surface area contributed by atoms with Crippen LogP contribution >= 0.6 is 0 Å². The molecule has 0 fully saturated rings. The predicted octanol–water partition coefficient (Wildman–Crippen LogP) is 1.38. The first kappa shape index (κ1) is 14.3. The second kappa shape index (κ2) is 5.73. The van der Waals surface area contributed by atoms with Crippen molar-refractivity contribution in [1.29, 1.82) is 0 Å². The van der Waals surface area contributed by atoms with Crippen molar-refractivity contribution in [3.8, 4) is 11.5 Å². The summed E-state index contributed by atoms with van der Waals surface area (Å²) >= 11 is 0. The highest BCUT2D eigenvalue weighted by atomic mass is 16.3. The molecule has 0 aliphatic heterocycles. The number of carbonyl (C=O) groups excluding carboxylic acids is 1. The van der Waals surface area contributed by atoms with Crippen molar-refractivity contribution in [1.82, 2.24) is 5.32 Å². The Morgan fingerprint density at radius 3 is 2.56 bits per heavy atom. The molecule has 1 amide bonds. The molecule has 0 saturated carbocycles. The summed E-state index contributed by atoms with van der Waals surface area (Å²) in [6, 6.07) is 3.83. The summed E-state index contributed by atoms with van der Waals surface area (Å²) in [5, 5.41) is 30.9. The number of hydrogen-bond acceptors (Lipinski definition) is 4. The zero-order valence-electron chi connectivity index (χ0n) is 10.6. The molecule has 5 heteroatoms. The molecule has 0 aromatic heterocycles. The maximum atomic E-state index is 11.7. The van der Waals surface area contributed by atoms with Crippen LogP contribution in [0, 0.1) is 0 Å². The molecule has 0 spiro atoms. The molecular formula is C13H19NO4. The van der Waals surface area contributed by atoms with Crippen LogP contribution in [0.4, 0.5) is 0 Å². The standard InChI is InChI=1S/C13H19NO4/c1-3-6-13(2,18)8-14-12(17)9-4-5-10(15)11(16)7-9/h4-5,7,15-16,18H,3,6,8H2,1-2H3,(H,14,17). The third-order valence-electron chi connectivity index (χ3n) is 2.66. The zero-order chi connectivity index (χ0) is 13.8. The van der Waals surface area contributed by atoms with Gasteiger partial charge in [0.15, 0.2) is 11.5 Å². The monoisotopic (exact) mass is 253 g/mol. The minimum atomic E-state index is -0.941. The van der Waals surface area contributed by atoms with Crippen molar-refractivity contribution in [2.24, 2.45) is 0 Å². The topological polar surface area (TPSA) is 89.8 Å². The molecule has 1 aromatic rings. The highest BCUT2D eigenvalue weighted by molar-refractivity contribution is 5.94. The fourth-order valence-corrected chi connectivity index (χ4v) is 1.66. The molecule has 0 aliphatic rings. The molecule has 0 saturated heterocycles. The Labute approximate surface area is 106 Å². The van der Waals surface area contributed by atoms with Gasteiger partial charge >= 0.3 is 0 Å². The van der Waals surface area contributed by atoms with Gasteiger partial charge in [0.05, 0.1) is 5.60 Å². The van der Waals surface area contributed by atoms with Crippen LogP contribution in [0.5, 0.6) is 11.5 Å². The van der Waals surface area contributed by atoms with Crippen molar-refractivity contribution < 1.29 is 20.1 Å². The van der Waals surface area contributed by atoms with Gasteiger partial charge in [0.25, 0.3) is 5.91 Å². The first-order chi connectivity index (χ1) is 8.35. The lowest BCUT2D eigenvalue weighted by molar-refractivity contribution is 0.0469. The lowest BCUT2D eigenvalue weighted by atomic mass is 10.0. The maximum Gasteiger partial charge on any atom is 0.251 e. The van der Waals surface area contributed by atoms with Gasteiger partial charge in [0, 0.05) is 12.1 Å². The van der Waals surface area contributed by atoms with Crippen molar-refractivity contribution in [3.63, 3.8) is 0 Å². The number of phenols is 2. The van der Waals surface area contributed by atoms with Crippen LogP contribution < -0.4 is 5.32 Å². The Morgan fingerprint density at radius 2 is 2.00 bits per heavy atom. The molecule has 0 aliphatic carbocycles. The molecule has 0 radical (unpaired) electrons. The summed E-state index contributed by atoms with van der Waals surface area (Å²) < 4.78 is 0. The van der Waals surface area contributed by atoms with Crippen LogP contribution in [-0.2, 0) is 0 Å². The molecule has 1 rings (SSSR count). The second-order valence-electron chi connectivity index (χ2n) is 4.63. The third-order valence-corrected chi connectivity index (χ3v) is 2.66. The molecule has 1 unspecified atom stereocenters. The average Bonchev–Trinajstić information content (AvgIpc) is 2.30. The fraction of sp³-hybridized carbons (Fsp3) is 0.462. The summed E-state index contributed by atoms with van der Waals surface area (Å²) in [6.07, 6.45) is 1.41. The molecular weight excluding hydrogens is 234 g/mol. The van der Waals surface area contributed by atoms with Gasteiger partial charge in [-0.05, 0) is 31.5 Å².